The molecule has 0 aromatic carbocycles. The largest absolute Gasteiger partial charge is 2.00 e. The summed E-state index contributed by atoms with van der Waals surface area (Å²) in [6.45, 7) is 0. The predicted molar refractivity (Wildman–Crippen MR) is 62.6 cm³/mol. The molecule has 0 spiro atoms. The van der Waals surface area contributed by atoms with Crippen LogP contribution >= 0.6 is 0 Å². The normalized spacial score (nSPS) is 9.05. The second-order valence-electron chi connectivity index (χ2n) is 2.21. The smallest absolute Gasteiger partial charge is 0.849 e. The van der Waals surface area contributed by atoms with Crippen LogP contribution in [0.25, 0.3) is 0 Å². The van der Waals surface area contributed by atoms with E-state index in [1.165, 1.54) is 0 Å². The summed E-state index contributed by atoms with van der Waals surface area (Å²) < 4.78 is 6.60. The number of hydrogen-bond acceptors (Lipinski definition) is 10. The maximum atomic E-state index is 9.60. The molecule has 14 nitrogen and oxygen atoms in total. The molecular weight excluding hydrogens is 365 g/mol. The fourth-order valence-corrected chi connectivity index (χ4v) is 0.652. The zero-order chi connectivity index (χ0) is 15.0. The Balaban J connectivity index is -0.0000000711. The third kappa shape index (κ3) is 44.9. The molecule has 8 N–H and O–H groups in total. The molecule has 0 unspecified atom stereocenters. The Morgan fingerprint density at radius 3 is 0.857 bits per heavy atom. The maximum Gasteiger partial charge on any atom is 2.00 e. The standard InChI is InChI=1S/2CH4N3O4Si.3Mg/c2*2-1(3)4-8-9(5,6)7;;;/h2*(H4,2,3,4);;;/q2*-3;3*+2. The van der Waals surface area contributed by atoms with Gasteiger partial charge in [-0.05, 0) is 18.1 Å². The van der Waals surface area contributed by atoms with Crippen molar-refractivity contribution in [3.63, 3.8) is 0 Å². The van der Waals surface area contributed by atoms with Crippen LogP contribution in [0.5, 0.6) is 0 Å². The fourth-order valence-electron chi connectivity index (χ4n) is 0.217. The molecule has 0 aromatic heterocycles. The van der Waals surface area contributed by atoms with Gasteiger partial charge in [-0.25, -0.2) is 0 Å². The van der Waals surface area contributed by atoms with E-state index >= 15 is 0 Å². The molecule has 0 saturated heterocycles. The molecule has 0 fully saturated rings. The van der Waals surface area contributed by atoms with Crippen molar-refractivity contribution >= 4 is 99.2 Å². The minimum absolute atomic E-state index is 0. The van der Waals surface area contributed by atoms with Crippen LogP contribution in [0.3, 0.4) is 0 Å². The fraction of sp³-hybridized carbons (Fsp3) is 0. The summed E-state index contributed by atoms with van der Waals surface area (Å²) in [6.07, 6.45) is 0. The summed E-state index contributed by atoms with van der Waals surface area (Å²) in [4.78, 5) is 57.6. The van der Waals surface area contributed by atoms with E-state index in [-0.39, 0.29) is 69.2 Å². The summed E-state index contributed by atoms with van der Waals surface area (Å²) in [5, 5.41) is 4.98. The van der Waals surface area contributed by atoms with Gasteiger partial charge in [0.1, 0.15) is 0 Å². The molecule has 19 heteroatoms. The Kier molecular flexibility index (Phi) is 24.6. The van der Waals surface area contributed by atoms with Crippen molar-refractivity contribution in [1.82, 2.24) is 0 Å². The van der Waals surface area contributed by atoms with Gasteiger partial charge in [-0.2, -0.15) is 0 Å². The second kappa shape index (κ2) is 15.5. The van der Waals surface area contributed by atoms with Crippen LogP contribution in [0.1, 0.15) is 0 Å². The van der Waals surface area contributed by atoms with Crippen molar-refractivity contribution in [2.24, 2.45) is 33.2 Å². The van der Waals surface area contributed by atoms with Crippen molar-refractivity contribution in [2.75, 3.05) is 0 Å². The zero-order valence-corrected chi connectivity index (χ0v) is 16.8. The van der Waals surface area contributed by atoms with Gasteiger partial charge in [-0.1, -0.05) is 10.3 Å². The monoisotopic (exact) mass is 372 g/mol. The van der Waals surface area contributed by atoms with Crippen LogP contribution in [-0.2, 0) is 9.05 Å². The summed E-state index contributed by atoms with van der Waals surface area (Å²) in [5.74, 6) is -1.23. The maximum absolute atomic E-state index is 9.60. The molecule has 0 radical (unpaired) electrons. The molecular formula is C2H8Mg3N6O8Si2. The first kappa shape index (κ1) is 33.3. The third-order valence-corrected chi connectivity index (χ3v) is 1.16. The molecule has 0 heterocycles. The minimum Gasteiger partial charge on any atom is -0.849 e. The number of rotatable bonds is 4. The van der Waals surface area contributed by atoms with Crippen LogP contribution in [0, 0.1) is 0 Å². The molecule has 0 bridgehead atoms. The van der Waals surface area contributed by atoms with Gasteiger partial charge >= 0.3 is 69.2 Å². The Morgan fingerprint density at radius 2 is 0.810 bits per heavy atom. The van der Waals surface area contributed by atoms with Crippen LogP contribution < -0.4 is 51.7 Å². The number of nitrogens with zero attached hydrogens (tertiary/aromatic N) is 2. The average molecular weight is 373 g/mol. The first-order valence-corrected chi connectivity index (χ1v) is 6.87. The van der Waals surface area contributed by atoms with Crippen molar-refractivity contribution in [1.29, 1.82) is 0 Å². The molecule has 0 saturated carbocycles. The van der Waals surface area contributed by atoms with Gasteiger partial charge in [0, 0.05) is 0 Å². The second-order valence-corrected chi connectivity index (χ2v) is 4.58. The Labute approximate surface area is 169 Å². The van der Waals surface area contributed by atoms with E-state index in [9.17, 15) is 28.8 Å². The molecule has 0 atom stereocenters. The van der Waals surface area contributed by atoms with Crippen molar-refractivity contribution in [2.45, 2.75) is 0 Å². The molecule has 0 aliphatic heterocycles. The van der Waals surface area contributed by atoms with E-state index in [1.807, 2.05) is 0 Å². The Morgan fingerprint density at radius 1 is 0.619 bits per heavy atom. The van der Waals surface area contributed by atoms with E-state index in [0.717, 1.165) is 0 Å². The Hall–Kier alpha value is 0.632. The molecule has 0 amide bonds. The summed E-state index contributed by atoms with van der Waals surface area (Å²) >= 11 is 0. The van der Waals surface area contributed by atoms with Crippen LogP contribution in [0.4, 0.5) is 0 Å². The van der Waals surface area contributed by atoms with E-state index < -0.39 is 30.0 Å². The number of guanidine groups is 2. The number of oxime groups is 2. The van der Waals surface area contributed by atoms with Gasteiger partial charge in [0.15, 0.2) is 0 Å². The summed E-state index contributed by atoms with van der Waals surface area (Å²) in [6, 6.07) is 0. The third-order valence-electron chi connectivity index (χ3n) is 0.526. The van der Waals surface area contributed by atoms with Gasteiger partial charge in [0.2, 0.25) is 11.9 Å². The quantitative estimate of drug-likeness (QED) is 0.154. The van der Waals surface area contributed by atoms with Gasteiger partial charge in [-0.3, -0.25) is 0 Å². The van der Waals surface area contributed by atoms with Crippen LogP contribution in [-0.4, -0.2) is 99.2 Å². The van der Waals surface area contributed by atoms with Crippen molar-refractivity contribution < 1.29 is 37.8 Å². The van der Waals surface area contributed by atoms with E-state index in [1.54, 1.807) is 0 Å². The van der Waals surface area contributed by atoms with Gasteiger partial charge in [0.25, 0.3) is 0 Å². The SMILES string of the molecule is NC(N)=NO[Si]([O-])([O-])[O-].NC(N)=NO[Si]([O-])([O-])[O-].[Mg+2].[Mg+2].[Mg+2]. The molecule has 0 aromatic rings. The molecule has 0 aliphatic carbocycles. The molecule has 0 aliphatic rings. The summed E-state index contributed by atoms with van der Waals surface area (Å²) in [5.41, 5.74) is 18.4. The van der Waals surface area contributed by atoms with Gasteiger partial charge in [0.05, 0.1) is 0 Å². The van der Waals surface area contributed by atoms with Gasteiger partial charge < -0.3 is 60.8 Å². The first-order chi connectivity index (χ1) is 7.83. The number of nitrogens with two attached hydrogens (primary N) is 4. The van der Waals surface area contributed by atoms with E-state index in [2.05, 4.69) is 42.3 Å². The van der Waals surface area contributed by atoms with Crippen molar-refractivity contribution in [3.05, 3.63) is 0 Å². The van der Waals surface area contributed by atoms with Crippen molar-refractivity contribution in [3.8, 4) is 0 Å². The zero-order valence-electron chi connectivity index (χ0n) is 10.6. The minimum atomic E-state index is -5.32. The Bertz CT molecular complexity index is 269. The first-order valence-electron chi connectivity index (χ1n) is 3.60. The number of hydrogen-bond donors (Lipinski definition) is 4. The topological polar surface area (TPSA) is 286 Å². The van der Waals surface area contributed by atoms with Crippen LogP contribution in [0.2, 0.25) is 0 Å². The predicted octanol–water partition coefficient (Wildman–Crippen LogP) is -11.7. The molecule has 0 rings (SSSR count). The molecule has 108 valence electrons. The van der Waals surface area contributed by atoms with E-state index in [0.29, 0.717) is 0 Å². The van der Waals surface area contributed by atoms with Gasteiger partial charge in [-0.15, -0.1) is 0 Å². The average Bonchev–Trinajstić information content (AvgIpc) is 2.10. The van der Waals surface area contributed by atoms with Crippen LogP contribution in [0.15, 0.2) is 10.3 Å². The van der Waals surface area contributed by atoms with E-state index in [4.69, 9.17) is 0 Å². The summed E-state index contributed by atoms with van der Waals surface area (Å²) in [7, 11) is -10.6. The molecule has 21 heavy (non-hydrogen) atoms.